The highest BCUT2D eigenvalue weighted by atomic mass is 35.5. The Hall–Kier alpha value is -3.00. The zero-order chi connectivity index (χ0) is 23.4. The molecule has 0 saturated heterocycles. The summed E-state index contributed by atoms with van der Waals surface area (Å²) in [6.45, 7) is 4.02. The first-order valence-corrected chi connectivity index (χ1v) is 11.8. The number of aliphatic hydroxyl groups is 1. The summed E-state index contributed by atoms with van der Waals surface area (Å²) in [6.07, 6.45) is 0. The fourth-order valence-corrected chi connectivity index (χ4v) is 4.47. The van der Waals surface area contributed by atoms with Crippen LogP contribution in [0.5, 0.6) is 5.75 Å². The number of ether oxygens (including phenoxy) is 1. The van der Waals surface area contributed by atoms with Gasteiger partial charge in [-0.1, -0.05) is 53.7 Å². The lowest BCUT2D eigenvalue weighted by Crippen LogP contribution is -2.22. The van der Waals surface area contributed by atoms with Crippen molar-refractivity contribution in [1.29, 1.82) is 0 Å². The third kappa shape index (κ3) is 5.50. The van der Waals surface area contributed by atoms with Crippen molar-refractivity contribution in [2.45, 2.75) is 24.3 Å². The fourth-order valence-electron chi connectivity index (χ4n) is 3.38. The first-order valence-electron chi connectivity index (χ1n) is 10.5. The van der Waals surface area contributed by atoms with Crippen LogP contribution in [-0.2, 0) is 4.79 Å². The van der Waals surface area contributed by atoms with Crippen molar-refractivity contribution >= 4 is 46.0 Å². The molecule has 1 unspecified atom stereocenters. The van der Waals surface area contributed by atoms with Crippen molar-refractivity contribution in [2.24, 2.45) is 0 Å². The van der Waals surface area contributed by atoms with Crippen molar-refractivity contribution in [3.05, 3.63) is 71.2 Å². The quantitative estimate of drug-likeness (QED) is 0.282. The second-order valence-corrected chi connectivity index (χ2v) is 9.31. The maximum absolute atomic E-state index is 12.7. The highest BCUT2D eigenvalue weighted by Crippen LogP contribution is 2.32. The fraction of sp³-hybridized carbons (Fsp3) is 0.200. The number of para-hydroxylation sites is 1. The van der Waals surface area contributed by atoms with Gasteiger partial charge in [0.1, 0.15) is 12.4 Å². The number of amides is 1. The van der Waals surface area contributed by atoms with Crippen molar-refractivity contribution in [2.75, 3.05) is 18.5 Å². The van der Waals surface area contributed by atoms with E-state index in [0.717, 1.165) is 27.7 Å². The number of H-pyrrole nitrogens is 1. The van der Waals surface area contributed by atoms with E-state index in [1.807, 2.05) is 68.4 Å². The molecule has 6 nitrogen and oxygen atoms in total. The monoisotopic (exact) mass is 481 g/mol. The van der Waals surface area contributed by atoms with Crippen LogP contribution in [0.15, 0.2) is 65.8 Å². The number of anilines is 1. The van der Waals surface area contributed by atoms with E-state index >= 15 is 0 Å². The van der Waals surface area contributed by atoms with Gasteiger partial charge in [-0.3, -0.25) is 4.79 Å². The molecule has 0 bridgehead atoms. The van der Waals surface area contributed by atoms with Crippen LogP contribution in [-0.4, -0.2) is 39.4 Å². The van der Waals surface area contributed by atoms with Gasteiger partial charge in [0.05, 0.1) is 33.6 Å². The standard InChI is InChI=1S/C25H24ClN3O3S/c1-15-6-11-21(20(26)14-15)27-24(31)16(2)33-25-28-22-5-3-4-19(23(22)29-25)17-7-9-18(10-8-17)32-13-12-30/h3-11,14,16,30H,12-13H2,1-2H3,(H,27,31)(H,28,29). The molecular formula is C25H24ClN3O3S. The van der Waals surface area contributed by atoms with Gasteiger partial charge in [-0.2, -0.15) is 0 Å². The highest BCUT2D eigenvalue weighted by molar-refractivity contribution is 8.00. The van der Waals surface area contributed by atoms with Gasteiger partial charge in [0.15, 0.2) is 5.16 Å². The number of aromatic amines is 1. The Bertz CT molecular complexity index is 1270. The smallest absolute Gasteiger partial charge is 0.237 e. The zero-order valence-electron chi connectivity index (χ0n) is 18.3. The molecule has 0 spiro atoms. The van der Waals surface area contributed by atoms with E-state index in [2.05, 4.69) is 15.3 Å². The second-order valence-electron chi connectivity index (χ2n) is 7.57. The number of aliphatic hydroxyl groups excluding tert-OH is 1. The minimum atomic E-state index is -0.380. The van der Waals surface area contributed by atoms with Gasteiger partial charge in [-0.05, 0) is 55.3 Å². The summed E-state index contributed by atoms with van der Waals surface area (Å²) in [6, 6.07) is 19.1. The molecule has 0 radical (unpaired) electrons. The van der Waals surface area contributed by atoms with E-state index in [0.29, 0.717) is 21.6 Å². The lowest BCUT2D eigenvalue weighted by molar-refractivity contribution is -0.115. The number of rotatable bonds is 8. The molecule has 0 aliphatic rings. The van der Waals surface area contributed by atoms with Gasteiger partial charge >= 0.3 is 0 Å². The number of carbonyl (C=O) groups is 1. The number of halogens is 1. The Morgan fingerprint density at radius 1 is 1.21 bits per heavy atom. The maximum Gasteiger partial charge on any atom is 0.237 e. The molecule has 1 heterocycles. The molecule has 33 heavy (non-hydrogen) atoms. The third-order valence-corrected chi connectivity index (χ3v) is 6.36. The Balaban J connectivity index is 1.50. The van der Waals surface area contributed by atoms with Gasteiger partial charge in [0, 0.05) is 5.56 Å². The molecule has 170 valence electrons. The number of imidazole rings is 1. The normalized spacial score (nSPS) is 12.0. The summed E-state index contributed by atoms with van der Waals surface area (Å²) in [4.78, 5) is 20.7. The summed E-state index contributed by atoms with van der Waals surface area (Å²) < 4.78 is 5.44. The number of benzene rings is 3. The predicted octanol–water partition coefficient (Wildman–Crippen LogP) is 5.68. The second kappa shape index (κ2) is 10.3. The van der Waals surface area contributed by atoms with Crippen LogP contribution in [0, 0.1) is 6.92 Å². The predicted molar refractivity (Wildman–Crippen MR) is 134 cm³/mol. The summed E-state index contributed by atoms with van der Waals surface area (Å²) in [5.74, 6) is 0.555. The molecule has 0 aliphatic heterocycles. The molecular weight excluding hydrogens is 458 g/mol. The SMILES string of the molecule is Cc1ccc(NC(=O)C(C)Sc2nc3cccc(-c4ccc(OCCO)cc4)c3[nH]2)c(Cl)c1. The molecule has 0 fully saturated rings. The Kier molecular flexibility index (Phi) is 7.23. The molecule has 0 saturated carbocycles. The van der Waals surface area contributed by atoms with Gasteiger partial charge in [0.2, 0.25) is 5.91 Å². The van der Waals surface area contributed by atoms with Crippen LogP contribution in [0.2, 0.25) is 5.02 Å². The van der Waals surface area contributed by atoms with E-state index in [1.54, 1.807) is 6.07 Å². The van der Waals surface area contributed by atoms with Crippen LogP contribution in [0.3, 0.4) is 0 Å². The third-order valence-electron chi connectivity index (χ3n) is 5.06. The lowest BCUT2D eigenvalue weighted by Gasteiger charge is -2.12. The van der Waals surface area contributed by atoms with Crippen molar-refractivity contribution in [1.82, 2.24) is 9.97 Å². The van der Waals surface area contributed by atoms with E-state index < -0.39 is 0 Å². The number of aryl methyl sites for hydroxylation is 1. The minimum absolute atomic E-state index is 0.0237. The van der Waals surface area contributed by atoms with E-state index in [-0.39, 0.29) is 24.4 Å². The number of aromatic nitrogens is 2. The van der Waals surface area contributed by atoms with Gasteiger partial charge in [-0.25, -0.2) is 4.98 Å². The molecule has 8 heteroatoms. The van der Waals surface area contributed by atoms with E-state index in [9.17, 15) is 4.79 Å². The number of hydrogen-bond donors (Lipinski definition) is 3. The van der Waals surface area contributed by atoms with E-state index in [1.165, 1.54) is 11.8 Å². The highest BCUT2D eigenvalue weighted by Gasteiger charge is 2.18. The number of carbonyl (C=O) groups excluding carboxylic acids is 1. The topological polar surface area (TPSA) is 87.2 Å². The summed E-state index contributed by atoms with van der Waals surface area (Å²) >= 11 is 7.60. The minimum Gasteiger partial charge on any atom is -0.491 e. The molecule has 4 rings (SSSR count). The van der Waals surface area contributed by atoms with Gasteiger partial charge < -0.3 is 20.1 Å². The molecule has 0 aliphatic carbocycles. The molecule has 1 atom stereocenters. The summed E-state index contributed by atoms with van der Waals surface area (Å²) in [7, 11) is 0. The number of thioether (sulfide) groups is 1. The number of fused-ring (bicyclic) bond motifs is 1. The first-order chi connectivity index (χ1) is 15.9. The first kappa shape index (κ1) is 23.2. The van der Waals surface area contributed by atoms with E-state index in [4.69, 9.17) is 21.4 Å². The number of hydrogen-bond acceptors (Lipinski definition) is 5. The average molecular weight is 482 g/mol. The molecule has 1 aromatic heterocycles. The van der Waals surface area contributed by atoms with Crippen molar-refractivity contribution in [3.63, 3.8) is 0 Å². The lowest BCUT2D eigenvalue weighted by atomic mass is 10.0. The molecule has 3 aromatic carbocycles. The maximum atomic E-state index is 12.7. The Morgan fingerprint density at radius 3 is 2.73 bits per heavy atom. The van der Waals surface area contributed by atoms with Crippen LogP contribution in [0.25, 0.3) is 22.2 Å². The molecule has 1 amide bonds. The molecule has 4 aromatic rings. The van der Waals surface area contributed by atoms with Crippen LogP contribution >= 0.6 is 23.4 Å². The zero-order valence-corrected chi connectivity index (χ0v) is 19.8. The summed E-state index contributed by atoms with van der Waals surface area (Å²) in [5, 5.41) is 12.6. The van der Waals surface area contributed by atoms with Crippen LogP contribution < -0.4 is 10.1 Å². The van der Waals surface area contributed by atoms with Gasteiger partial charge in [-0.15, -0.1) is 0 Å². The largest absolute Gasteiger partial charge is 0.491 e. The Labute approximate surface area is 201 Å². The van der Waals surface area contributed by atoms with Crippen molar-refractivity contribution < 1.29 is 14.6 Å². The van der Waals surface area contributed by atoms with Gasteiger partial charge in [0.25, 0.3) is 0 Å². The number of nitrogens with zero attached hydrogens (tertiary/aromatic N) is 1. The van der Waals surface area contributed by atoms with Crippen LogP contribution in [0.1, 0.15) is 12.5 Å². The number of nitrogens with one attached hydrogen (secondary N) is 2. The van der Waals surface area contributed by atoms with Crippen molar-refractivity contribution in [3.8, 4) is 16.9 Å². The average Bonchev–Trinajstić information content (AvgIpc) is 3.22. The Morgan fingerprint density at radius 2 is 2.00 bits per heavy atom. The molecule has 3 N–H and O–H groups in total. The van der Waals surface area contributed by atoms with Crippen LogP contribution in [0.4, 0.5) is 5.69 Å². The summed E-state index contributed by atoms with van der Waals surface area (Å²) in [5.41, 5.74) is 5.37.